The lowest BCUT2D eigenvalue weighted by molar-refractivity contribution is -0.153. The summed E-state index contributed by atoms with van der Waals surface area (Å²) < 4.78 is 20.3. The van der Waals surface area contributed by atoms with E-state index in [9.17, 15) is 9.50 Å². The van der Waals surface area contributed by atoms with Crippen LogP contribution in [-0.4, -0.2) is 22.9 Å². The van der Waals surface area contributed by atoms with Gasteiger partial charge in [-0.15, -0.1) is 0 Å². The lowest BCUT2D eigenvalue weighted by atomic mass is 9.78. The van der Waals surface area contributed by atoms with E-state index in [1.807, 2.05) is 13.8 Å². The summed E-state index contributed by atoms with van der Waals surface area (Å²) in [6.45, 7) is 4.58. The van der Waals surface area contributed by atoms with Crippen molar-refractivity contribution < 1.29 is 14.2 Å². The van der Waals surface area contributed by atoms with Gasteiger partial charge >= 0.3 is 0 Å². The average molecular weight is 331 g/mol. The second-order valence-electron chi connectivity index (χ2n) is 5.72. The number of halogens is 2. The monoisotopic (exact) mass is 330 g/mol. The molecule has 0 spiro atoms. The van der Waals surface area contributed by atoms with Crippen molar-refractivity contribution in [3.63, 3.8) is 0 Å². The predicted molar refractivity (Wildman–Crippen MR) is 76.6 cm³/mol. The number of benzene rings is 1. The molecule has 2 nitrogen and oxygen atoms in total. The van der Waals surface area contributed by atoms with E-state index in [4.69, 9.17) is 4.74 Å². The molecule has 1 aromatic rings. The highest BCUT2D eigenvalue weighted by molar-refractivity contribution is 9.10. The second kappa shape index (κ2) is 5.51. The number of ether oxygens (including phenoxy) is 1. The minimum Gasteiger partial charge on any atom is -0.389 e. The molecule has 1 heterocycles. The third-order valence-corrected chi connectivity index (χ3v) is 4.50. The van der Waals surface area contributed by atoms with Gasteiger partial charge in [-0.2, -0.15) is 0 Å². The van der Waals surface area contributed by atoms with Crippen molar-refractivity contribution in [3.8, 4) is 0 Å². The zero-order chi connectivity index (χ0) is 14.1. The van der Waals surface area contributed by atoms with Gasteiger partial charge in [0.25, 0.3) is 0 Å². The minimum absolute atomic E-state index is 0.271. The van der Waals surface area contributed by atoms with Gasteiger partial charge in [0.15, 0.2) is 0 Å². The summed E-state index contributed by atoms with van der Waals surface area (Å²) in [5, 5.41) is 10.7. The summed E-state index contributed by atoms with van der Waals surface area (Å²) in [4.78, 5) is 0. The molecule has 2 atom stereocenters. The Morgan fingerprint density at radius 3 is 2.84 bits per heavy atom. The van der Waals surface area contributed by atoms with Gasteiger partial charge in [0.1, 0.15) is 5.82 Å². The van der Waals surface area contributed by atoms with Crippen molar-refractivity contribution in [2.45, 2.75) is 50.7 Å². The molecular formula is C15H20BrFO2. The van der Waals surface area contributed by atoms with Gasteiger partial charge < -0.3 is 9.84 Å². The van der Waals surface area contributed by atoms with Gasteiger partial charge in [-0.3, -0.25) is 0 Å². The summed E-state index contributed by atoms with van der Waals surface area (Å²) in [7, 11) is 0. The third kappa shape index (κ3) is 3.56. The van der Waals surface area contributed by atoms with Crippen LogP contribution in [0.3, 0.4) is 0 Å². The average Bonchev–Trinajstić information content (AvgIpc) is 2.33. The van der Waals surface area contributed by atoms with Gasteiger partial charge in [-0.1, -0.05) is 28.9 Å². The fourth-order valence-electron chi connectivity index (χ4n) is 2.72. The molecule has 4 heteroatoms. The maximum atomic E-state index is 13.9. The molecule has 2 rings (SSSR count). The molecule has 1 saturated heterocycles. The first-order valence-corrected chi connectivity index (χ1v) is 7.45. The summed E-state index contributed by atoms with van der Waals surface area (Å²) in [5.74, 6) is -0.271. The fraction of sp³-hybridized carbons (Fsp3) is 0.600. The number of hydrogen-bond donors (Lipinski definition) is 1. The lowest BCUT2D eigenvalue weighted by Crippen LogP contribution is -2.48. The van der Waals surface area contributed by atoms with E-state index in [2.05, 4.69) is 15.9 Å². The zero-order valence-electron chi connectivity index (χ0n) is 11.4. The topological polar surface area (TPSA) is 29.5 Å². The van der Waals surface area contributed by atoms with Crippen LogP contribution in [-0.2, 0) is 11.2 Å². The second-order valence-corrected chi connectivity index (χ2v) is 6.63. The van der Waals surface area contributed by atoms with Gasteiger partial charge in [0, 0.05) is 17.3 Å². The fourth-order valence-corrected chi connectivity index (χ4v) is 3.05. The van der Waals surface area contributed by atoms with Crippen LogP contribution >= 0.6 is 15.9 Å². The van der Waals surface area contributed by atoms with Crippen molar-refractivity contribution >= 4 is 15.9 Å². The van der Waals surface area contributed by atoms with Crippen LogP contribution in [0.2, 0.25) is 0 Å². The van der Waals surface area contributed by atoms with Crippen molar-refractivity contribution in [2.75, 3.05) is 6.61 Å². The molecule has 19 heavy (non-hydrogen) atoms. The summed E-state index contributed by atoms with van der Waals surface area (Å²) in [6.07, 6.45) is 2.29. The smallest absolute Gasteiger partial charge is 0.127 e. The Kier molecular flexibility index (Phi) is 4.33. The van der Waals surface area contributed by atoms with E-state index < -0.39 is 5.60 Å². The Morgan fingerprint density at radius 2 is 2.21 bits per heavy atom. The maximum Gasteiger partial charge on any atom is 0.127 e. The van der Waals surface area contributed by atoms with Crippen molar-refractivity contribution in [2.24, 2.45) is 0 Å². The summed E-state index contributed by atoms with van der Waals surface area (Å²) >= 11 is 3.24. The lowest BCUT2D eigenvalue weighted by Gasteiger charge is -2.43. The quantitative estimate of drug-likeness (QED) is 0.912. The van der Waals surface area contributed by atoms with Gasteiger partial charge in [-0.05, 0) is 37.5 Å². The highest BCUT2D eigenvalue weighted by atomic mass is 79.9. The van der Waals surface area contributed by atoms with E-state index in [-0.39, 0.29) is 11.4 Å². The first-order chi connectivity index (χ1) is 8.86. The molecule has 0 aliphatic carbocycles. The van der Waals surface area contributed by atoms with Crippen LogP contribution in [0.25, 0.3) is 0 Å². The Morgan fingerprint density at radius 1 is 1.47 bits per heavy atom. The van der Waals surface area contributed by atoms with Crippen LogP contribution in [0.15, 0.2) is 22.7 Å². The van der Waals surface area contributed by atoms with Crippen molar-refractivity contribution in [1.82, 2.24) is 0 Å². The minimum atomic E-state index is -0.877. The molecule has 106 valence electrons. The maximum absolute atomic E-state index is 13.9. The molecule has 1 aromatic carbocycles. The molecule has 1 aliphatic rings. The van der Waals surface area contributed by atoms with Gasteiger partial charge in [-0.25, -0.2) is 4.39 Å². The van der Waals surface area contributed by atoms with Crippen LogP contribution < -0.4 is 0 Å². The molecule has 2 unspecified atom stereocenters. The third-order valence-electron chi connectivity index (χ3n) is 4.00. The Hall–Kier alpha value is -0.450. The van der Waals surface area contributed by atoms with E-state index in [0.717, 1.165) is 6.42 Å². The van der Waals surface area contributed by atoms with E-state index in [1.54, 1.807) is 12.1 Å². The molecule has 1 fully saturated rings. The molecule has 0 radical (unpaired) electrons. The number of rotatable bonds is 3. The summed E-state index contributed by atoms with van der Waals surface area (Å²) in [5.41, 5.74) is -0.623. The van der Waals surface area contributed by atoms with Crippen molar-refractivity contribution in [1.29, 1.82) is 0 Å². The molecule has 0 aromatic heterocycles. The Labute approximate surface area is 122 Å². The molecule has 0 bridgehead atoms. The van der Waals surface area contributed by atoms with Gasteiger partial charge in [0.05, 0.1) is 17.8 Å². The normalized spacial score (nSPS) is 31.4. The SMILES string of the molecule is CCC1(C)CC(O)(Cc2ccc(Br)cc2F)CCO1. The van der Waals surface area contributed by atoms with Crippen LogP contribution in [0, 0.1) is 5.82 Å². The largest absolute Gasteiger partial charge is 0.389 e. The first-order valence-electron chi connectivity index (χ1n) is 6.66. The number of hydrogen-bond acceptors (Lipinski definition) is 2. The zero-order valence-corrected chi connectivity index (χ0v) is 13.0. The molecule has 1 N–H and O–H groups in total. The van der Waals surface area contributed by atoms with E-state index in [0.29, 0.717) is 35.9 Å². The molecule has 1 aliphatic heterocycles. The Bertz CT molecular complexity index is 465. The molecule has 0 saturated carbocycles. The van der Waals surface area contributed by atoms with Gasteiger partial charge in [0.2, 0.25) is 0 Å². The van der Waals surface area contributed by atoms with Crippen LogP contribution in [0.1, 0.15) is 38.7 Å². The van der Waals surface area contributed by atoms with Crippen LogP contribution in [0.5, 0.6) is 0 Å². The highest BCUT2D eigenvalue weighted by Crippen LogP contribution is 2.37. The highest BCUT2D eigenvalue weighted by Gasteiger charge is 2.41. The summed E-state index contributed by atoms with van der Waals surface area (Å²) in [6, 6.07) is 4.98. The molecular weight excluding hydrogens is 311 g/mol. The standard InChI is InChI=1S/C15H20BrFO2/c1-3-14(2)10-15(18,6-7-19-14)9-11-4-5-12(16)8-13(11)17/h4-5,8,18H,3,6-7,9-10H2,1-2H3. The van der Waals surface area contributed by atoms with E-state index >= 15 is 0 Å². The molecule has 0 amide bonds. The van der Waals surface area contributed by atoms with Crippen molar-refractivity contribution in [3.05, 3.63) is 34.1 Å². The predicted octanol–water partition coefficient (Wildman–Crippen LogP) is 3.84. The van der Waals surface area contributed by atoms with E-state index in [1.165, 1.54) is 6.07 Å². The Balaban J connectivity index is 2.16. The first kappa shape index (κ1) is 14.9. The van der Waals surface area contributed by atoms with Crippen LogP contribution in [0.4, 0.5) is 4.39 Å². The number of aliphatic hydroxyl groups is 1.